The minimum Gasteiger partial charge on any atom is -0.360 e. The number of alkyl halides is 1. The Morgan fingerprint density at radius 2 is 2.12 bits per heavy atom. The summed E-state index contributed by atoms with van der Waals surface area (Å²) in [6, 6.07) is 0. The third-order valence-corrected chi connectivity index (χ3v) is 1.31. The summed E-state index contributed by atoms with van der Waals surface area (Å²) in [4.78, 5) is 0. The zero-order chi connectivity index (χ0) is 6.62. The van der Waals surface area contributed by atoms with Gasteiger partial charge in [-0.2, -0.15) is 0 Å². The predicted molar refractivity (Wildman–Crippen MR) is 35.9 cm³/mol. The molecule has 0 heterocycles. The lowest BCUT2D eigenvalue weighted by atomic mass is 10.3. The maximum atomic E-state index is 5.69. The van der Waals surface area contributed by atoms with Crippen LogP contribution in [0.2, 0.25) is 0 Å². The Morgan fingerprint density at radius 3 is 2.25 bits per heavy atom. The highest BCUT2D eigenvalue weighted by Gasteiger charge is 2.16. The van der Waals surface area contributed by atoms with Crippen molar-refractivity contribution in [3.05, 3.63) is 6.92 Å². The molecule has 0 amide bonds. The average Bonchev–Trinajstić information content (AvgIpc) is 1.67. The van der Waals surface area contributed by atoms with Crippen LogP contribution >= 0.6 is 11.6 Å². The summed E-state index contributed by atoms with van der Waals surface area (Å²) in [7, 11) is 0. The highest BCUT2D eigenvalue weighted by Crippen LogP contribution is 2.18. The molecule has 1 atom stereocenters. The monoisotopic (exact) mass is 135 g/mol. The first-order chi connectivity index (χ1) is 3.62. The molecule has 49 valence electrons. The van der Waals surface area contributed by atoms with Gasteiger partial charge in [0.05, 0.1) is 0 Å². The molecule has 1 radical (unpaired) electrons. The predicted octanol–water partition coefficient (Wildman–Crippen LogP) is 2.20. The zero-order valence-electron chi connectivity index (χ0n) is 5.41. The Balaban J connectivity index is 3.37. The molecule has 0 spiro atoms. The van der Waals surface area contributed by atoms with Crippen molar-refractivity contribution >= 4 is 11.6 Å². The van der Waals surface area contributed by atoms with E-state index in [2.05, 4.69) is 6.92 Å². The number of hydrogen-bond donors (Lipinski definition) is 0. The fourth-order valence-corrected chi connectivity index (χ4v) is 0.470. The zero-order valence-corrected chi connectivity index (χ0v) is 6.16. The summed E-state index contributed by atoms with van der Waals surface area (Å²) in [6.45, 7) is 8.09. The maximum absolute atomic E-state index is 5.69. The Kier molecular flexibility index (Phi) is 3.41. The Hall–Kier alpha value is 0.250. The second-order valence-electron chi connectivity index (χ2n) is 1.67. The first-order valence-corrected chi connectivity index (χ1v) is 3.18. The fourth-order valence-electron chi connectivity index (χ4n) is 0.361. The van der Waals surface area contributed by atoms with Gasteiger partial charge in [-0.15, -0.1) is 0 Å². The quantitative estimate of drug-likeness (QED) is 0.540. The minimum atomic E-state index is -0.686. The average molecular weight is 136 g/mol. The molecular formula is C6H12ClO. The third kappa shape index (κ3) is 3.28. The van der Waals surface area contributed by atoms with Crippen molar-refractivity contribution in [2.24, 2.45) is 0 Å². The smallest absolute Gasteiger partial charge is 0.141 e. The van der Waals surface area contributed by atoms with Crippen LogP contribution in [-0.4, -0.2) is 11.7 Å². The van der Waals surface area contributed by atoms with Crippen LogP contribution in [0.3, 0.4) is 0 Å². The highest BCUT2D eigenvalue weighted by atomic mass is 35.5. The summed E-state index contributed by atoms with van der Waals surface area (Å²) in [6.07, 6.45) is 0.738. The fraction of sp³-hybridized carbons (Fsp3) is 0.833. The summed E-state index contributed by atoms with van der Waals surface area (Å²) >= 11 is 5.69. The van der Waals surface area contributed by atoms with Gasteiger partial charge in [0, 0.05) is 6.61 Å². The van der Waals surface area contributed by atoms with E-state index < -0.39 is 5.06 Å². The van der Waals surface area contributed by atoms with Crippen LogP contribution in [0.1, 0.15) is 20.3 Å². The molecule has 0 saturated carbocycles. The van der Waals surface area contributed by atoms with Crippen LogP contribution in [0.5, 0.6) is 0 Å². The van der Waals surface area contributed by atoms with Crippen molar-refractivity contribution in [2.75, 3.05) is 6.61 Å². The van der Waals surface area contributed by atoms with Crippen LogP contribution in [0.25, 0.3) is 0 Å². The molecule has 0 bridgehead atoms. The summed E-state index contributed by atoms with van der Waals surface area (Å²) in [5.74, 6) is 0. The molecule has 0 aromatic rings. The molecule has 0 rings (SSSR count). The normalized spacial score (nSPS) is 18.0. The lowest BCUT2D eigenvalue weighted by molar-refractivity contribution is 0.0588. The van der Waals surface area contributed by atoms with Gasteiger partial charge in [0.15, 0.2) is 0 Å². The van der Waals surface area contributed by atoms with Gasteiger partial charge in [0.2, 0.25) is 0 Å². The van der Waals surface area contributed by atoms with Crippen LogP contribution in [0, 0.1) is 6.92 Å². The molecule has 0 fully saturated rings. The van der Waals surface area contributed by atoms with Gasteiger partial charge < -0.3 is 4.74 Å². The van der Waals surface area contributed by atoms with Gasteiger partial charge in [-0.3, -0.25) is 0 Å². The van der Waals surface area contributed by atoms with Crippen LogP contribution in [-0.2, 0) is 4.74 Å². The summed E-state index contributed by atoms with van der Waals surface area (Å²) in [5, 5.41) is -0.686. The van der Waals surface area contributed by atoms with E-state index in [1.165, 1.54) is 0 Å². The Morgan fingerprint density at radius 1 is 1.62 bits per heavy atom. The van der Waals surface area contributed by atoms with Gasteiger partial charge >= 0.3 is 0 Å². The molecule has 0 aliphatic rings. The minimum absolute atomic E-state index is 0.626. The van der Waals surface area contributed by atoms with E-state index in [-0.39, 0.29) is 0 Å². The van der Waals surface area contributed by atoms with E-state index in [1.807, 2.05) is 13.8 Å². The Labute approximate surface area is 56.0 Å². The van der Waals surface area contributed by atoms with E-state index in [4.69, 9.17) is 16.3 Å². The van der Waals surface area contributed by atoms with E-state index in [9.17, 15) is 0 Å². The number of halogens is 1. The second kappa shape index (κ2) is 3.31. The van der Waals surface area contributed by atoms with Crippen molar-refractivity contribution < 1.29 is 4.74 Å². The Bertz CT molecular complexity index is 61.5. The summed E-state index contributed by atoms with van der Waals surface area (Å²) in [5.41, 5.74) is 0. The van der Waals surface area contributed by atoms with Gasteiger partial charge in [-0.05, 0) is 20.3 Å². The first-order valence-electron chi connectivity index (χ1n) is 2.80. The van der Waals surface area contributed by atoms with Gasteiger partial charge in [0.25, 0.3) is 0 Å². The van der Waals surface area contributed by atoms with Crippen LogP contribution in [0.4, 0.5) is 0 Å². The second-order valence-corrected chi connectivity index (χ2v) is 2.36. The standard InChI is InChI=1S/C6H12ClO/c1-4-6(3,7)8-5-2/h3-5H2,1-2H3. The maximum Gasteiger partial charge on any atom is 0.141 e. The first kappa shape index (κ1) is 8.25. The van der Waals surface area contributed by atoms with Crippen molar-refractivity contribution in [2.45, 2.75) is 25.3 Å². The highest BCUT2D eigenvalue weighted by molar-refractivity contribution is 6.23. The van der Waals surface area contributed by atoms with Crippen LogP contribution in [0.15, 0.2) is 0 Å². The molecule has 0 aliphatic heterocycles. The van der Waals surface area contributed by atoms with Crippen LogP contribution < -0.4 is 0 Å². The van der Waals surface area contributed by atoms with Crippen molar-refractivity contribution in [1.82, 2.24) is 0 Å². The molecule has 0 saturated heterocycles. The molecule has 2 heteroatoms. The van der Waals surface area contributed by atoms with E-state index in [1.54, 1.807) is 0 Å². The molecule has 1 unspecified atom stereocenters. The van der Waals surface area contributed by atoms with Gasteiger partial charge in [-0.25, -0.2) is 0 Å². The molecule has 0 aliphatic carbocycles. The largest absolute Gasteiger partial charge is 0.360 e. The SMILES string of the molecule is [CH2]C(Cl)(CC)OCC. The van der Waals surface area contributed by atoms with Crippen molar-refractivity contribution in [3.8, 4) is 0 Å². The number of rotatable bonds is 3. The molecule has 0 N–H and O–H groups in total. The van der Waals surface area contributed by atoms with Gasteiger partial charge in [-0.1, -0.05) is 18.5 Å². The van der Waals surface area contributed by atoms with Gasteiger partial charge in [0.1, 0.15) is 5.06 Å². The molecule has 0 aromatic heterocycles. The molecule has 1 nitrogen and oxygen atoms in total. The summed E-state index contributed by atoms with van der Waals surface area (Å²) < 4.78 is 5.03. The van der Waals surface area contributed by atoms with E-state index >= 15 is 0 Å². The van der Waals surface area contributed by atoms with Crippen molar-refractivity contribution in [1.29, 1.82) is 0 Å². The molecular weight excluding hydrogens is 124 g/mol. The molecule has 8 heavy (non-hydrogen) atoms. The van der Waals surface area contributed by atoms with Crippen molar-refractivity contribution in [3.63, 3.8) is 0 Å². The molecule has 0 aromatic carbocycles. The topological polar surface area (TPSA) is 9.23 Å². The lowest BCUT2D eigenvalue weighted by Crippen LogP contribution is -2.19. The third-order valence-electron chi connectivity index (χ3n) is 0.931. The van der Waals surface area contributed by atoms with E-state index in [0.29, 0.717) is 6.61 Å². The number of hydrogen-bond acceptors (Lipinski definition) is 1. The van der Waals surface area contributed by atoms with E-state index in [0.717, 1.165) is 6.42 Å². The lowest BCUT2D eigenvalue weighted by Gasteiger charge is -2.18. The number of ether oxygens (including phenoxy) is 1.